The van der Waals surface area contributed by atoms with E-state index in [2.05, 4.69) is 5.32 Å². The largest absolute Gasteiger partial charge is 0.329 e. The van der Waals surface area contributed by atoms with Gasteiger partial charge in [0.25, 0.3) is 5.69 Å². The summed E-state index contributed by atoms with van der Waals surface area (Å²) in [4.78, 5) is 35.1. The van der Waals surface area contributed by atoms with Crippen LogP contribution in [0.15, 0.2) is 47.3 Å². The van der Waals surface area contributed by atoms with Crippen LogP contribution >= 0.6 is 0 Å². The number of nitrogens with zero attached hydrogens (tertiary/aromatic N) is 3. The lowest BCUT2D eigenvalue weighted by atomic mass is 10.2. The third-order valence-corrected chi connectivity index (χ3v) is 4.06. The number of imidazole rings is 1. The minimum Gasteiger partial charge on any atom is -0.324 e. The summed E-state index contributed by atoms with van der Waals surface area (Å²) in [6, 6.07) is 11.4. The summed E-state index contributed by atoms with van der Waals surface area (Å²) in [5.74, 6) is -0.429. The van der Waals surface area contributed by atoms with Crippen molar-refractivity contribution in [2.24, 2.45) is 7.05 Å². The van der Waals surface area contributed by atoms with E-state index in [-0.39, 0.29) is 17.9 Å². The van der Waals surface area contributed by atoms with Gasteiger partial charge in [-0.05, 0) is 24.6 Å². The van der Waals surface area contributed by atoms with E-state index in [1.54, 1.807) is 38.2 Å². The fourth-order valence-corrected chi connectivity index (χ4v) is 2.71. The van der Waals surface area contributed by atoms with Crippen molar-refractivity contribution >= 4 is 28.3 Å². The highest BCUT2D eigenvalue weighted by Crippen LogP contribution is 2.22. The summed E-state index contributed by atoms with van der Waals surface area (Å²) in [7, 11) is 1.64. The molecule has 0 atom stereocenters. The van der Waals surface area contributed by atoms with E-state index in [0.29, 0.717) is 16.8 Å². The first-order valence-electron chi connectivity index (χ1n) is 7.57. The van der Waals surface area contributed by atoms with Gasteiger partial charge < -0.3 is 5.32 Å². The molecule has 2 aromatic carbocycles. The molecule has 1 heterocycles. The number of anilines is 1. The van der Waals surface area contributed by atoms with Gasteiger partial charge >= 0.3 is 5.69 Å². The predicted molar refractivity (Wildman–Crippen MR) is 93.6 cm³/mol. The first-order valence-corrected chi connectivity index (χ1v) is 7.57. The van der Waals surface area contributed by atoms with Gasteiger partial charge in [0.2, 0.25) is 5.91 Å². The van der Waals surface area contributed by atoms with Gasteiger partial charge in [0.05, 0.1) is 21.6 Å². The lowest BCUT2D eigenvalue weighted by Crippen LogP contribution is -2.28. The summed E-state index contributed by atoms with van der Waals surface area (Å²) >= 11 is 0. The smallest absolute Gasteiger partial charge is 0.324 e. The minimum absolute atomic E-state index is 0.108. The first-order chi connectivity index (χ1) is 11.9. The molecule has 3 rings (SSSR count). The molecule has 3 aromatic rings. The van der Waals surface area contributed by atoms with Crippen LogP contribution in [0.5, 0.6) is 0 Å². The molecular formula is C17H16N4O4. The van der Waals surface area contributed by atoms with Crippen LogP contribution in [0, 0.1) is 17.0 Å². The summed E-state index contributed by atoms with van der Waals surface area (Å²) in [5, 5.41) is 13.5. The number of nitrogens with one attached hydrogen (secondary N) is 1. The van der Waals surface area contributed by atoms with E-state index in [0.717, 1.165) is 5.52 Å². The molecule has 0 bridgehead atoms. The monoisotopic (exact) mass is 340 g/mol. The van der Waals surface area contributed by atoms with Crippen LogP contribution in [0.1, 0.15) is 5.56 Å². The van der Waals surface area contributed by atoms with Crippen molar-refractivity contribution in [2.75, 3.05) is 5.32 Å². The summed E-state index contributed by atoms with van der Waals surface area (Å²) in [5.41, 5.74) is 2.03. The molecule has 8 heteroatoms. The molecule has 1 N–H and O–H groups in total. The first kappa shape index (κ1) is 16.4. The molecule has 1 aromatic heterocycles. The average Bonchev–Trinajstić information content (AvgIpc) is 2.82. The number of non-ortho nitro benzene ring substituents is 1. The van der Waals surface area contributed by atoms with Gasteiger partial charge in [0.15, 0.2) is 0 Å². The van der Waals surface area contributed by atoms with Crippen LogP contribution in [0.4, 0.5) is 11.4 Å². The Hall–Kier alpha value is -3.42. The molecule has 0 unspecified atom stereocenters. The Labute approximate surface area is 142 Å². The molecule has 128 valence electrons. The fraction of sp³-hybridized carbons (Fsp3) is 0.176. The van der Waals surface area contributed by atoms with E-state index in [9.17, 15) is 19.7 Å². The number of hydrogen-bond donors (Lipinski definition) is 1. The SMILES string of the molecule is Cc1ccc([N+](=O)[O-])cc1NC(=O)Cn1c(=O)n(C)c2ccccc21. The molecule has 0 saturated heterocycles. The van der Waals surface area contributed by atoms with Gasteiger partial charge in [0.1, 0.15) is 6.54 Å². The summed E-state index contributed by atoms with van der Waals surface area (Å²) < 4.78 is 2.85. The van der Waals surface area contributed by atoms with E-state index in [1.165, 1.54) is 21.3 Å². The van der Waals surface area contributed by atoms with Crippen molar-refractivity contribution in [1.82, 2.24) is 9.13 Å². The molecule has 0 saturated carbocycles. The second-order valence-corrected chi connectivity index (χ2v) is 5.72. The van der Waals surface area contributed by atoms with Gasteiger partial charge in [-0.3, -0.25) is 24.0 Å². The minimum atomic E-state index is -0.524. The van der Waals surface area contributed by atoms with Crippen molar-refractivity contribution in [3.63, 3.8) is 0 Å². The molecule has 0 aliphatic carbocycles. The van der Waals surface area contributed by atoms with Crippen molar-refractivity contribution < 1.29 is 9.72 Å². The molecule has 0 radical (unpaired) electrons. The summed E-state index contributed by atoms with van der Waals surface area (Å²) in [6.45, 7) is 1.56. The highest BCUT2D eigenvalue weighted by molar-refractivity contribution is 5.92. The maximum atomic E-state index is 12.4. The number of carbonyl (C=O) groups excluding carboxylic acids is 1. The number of benzene rings is 2. The number of nitro benzene ring substituents is 1. The highest BCUT2D eigenvalue weighted by atomic mass is 16.6. The number of amides is 1. The zero-order valence-electron chi connectivity index (χ0n) is 13.7. The van der Waals surface area contributed by atoms with Crippen LogP contribution < -0.4 is 11.0 Å². The molecule has 25 heavy (non-hydrogen) atoms. The van der Waals surface area contributed by atoms with Crippen LogP contribution in [-0.4, -0.2) is 20.0 Å². The summed E-state index contributed by atoms with van der Waals surface area (Å²) in [6.07, 6.45) is 0. The number of aromatic nitrogens is 2. The standard InChI is InChI=1S/C17H16N4O4/c1-11-7-8-12(21(24)25)9-13(11)18-16(22)10-20-15-6-4-3-5-14(15)19(2)17(20)23/h3-9H,10H2,1-2H3,(H,18,22). The van der Waals surface area contributed by atoms with E-state index < -0.39 is 10.8 Å². The van der Waals surface area contributed by atoms with E-state index >= 15 is 0 Å². The van der Waals surface area contributed by atoms with Gasteiger partial charge in [-0.1, -0.05) is 18.2 Å². The number of para-hydroxylation sites is 2. The third kappa shape index (κ3) is 3.01. The number of aryl methyl sites for hydroxylation is 2. The lowest BCUT2D eigenvalue weighted by Gasteiger charge is -2.09. The fourth-order valence-electron chi connectivity index (χ4n) is 2.71. The van der Waals surface area contributed by atoms with Crippen LogP contribution in [-0.2, 0) is 18.4 Å². The molecular weight excluding hydrogens is 324 g/mol. The van der Waals surface area contributed by atoms with E-state index in [1.807, 2.05) is 6.07 Å². The lowest BCUT2D eigenvalue weighted by molar-refractivity contribution is -0.384. The maximum absolute atomic E-state index is 12.4. The Balaban J connectivity index is 1.90. The average molecular weight is 340 g/mol. The molecule has 1 amide bonds. The Morgan fingerprint density at radius 1 is 1.20 bits per heavy atom. The Bertz CT molecular complexity index is 1050. The Kier molecular flexibility index (Phi) is 4.10. The molecule has 0 spiro atoms. The number of hydrogen-bond acceptors (Lipinski definition) is 4. The zero-order valence-corrected chi connectivity index (χ0v) is 13.7. The topological polar surface area (TPSA) is 99.2 Å². The van der Waals surface area contributed by atoms with Crippen molar-refractivity contribution in [1.29, 1.82) is 0 Å². The van der Waals surface area contributed by atoms with Crippen molar-refractivity contribution in [3.05, 3.63) is 68.6 Å². The number of fused-ring (bicyclic) bond motifs is 1. The third-order valence-electron chi connectivity index (χ3n) is 4.06. The second kappa shape index (κ2) is 6.23. The Morgan fingerprint density at radius 2 is 1.88 bits per heavy atom. The maximum Gasteiger partial charge on any atom is 0.329 e. The number of rotatable bonds is 4. The van der Waals surface area contributed by atoms with Crippen molar-refractivity contribution in [2.45, 2.75) is 13.5 Å². The Morgan fingerprint density at radius 3 is 2.56 bits per heavy atom. The van der Waals surface area contributed by atoms with Gasteiger partial charge in [-0.2, -0.15) is 0 Å². The van der Waals surface area contributed by atoms with Crippen LogP contribution in [0.2, 0.25) is 0 Å². The quantitative estimate of drug-likeness (QED) is 0.581. The van der Waals surface area contributed by atoms with Crippen molar-refractivity contribution in [3.8, 4) is 0 Å². The molecule has 0 aliphatic rings. The zero-order chi connectivity index (χ0) is 18.1. The number of nitro groups is 1. The van der Waals surface area contributed by atoms with Crippen LogP contribution in [0.25, 0.3) is 11.0 Å². The van der Waals surface area contributed by atoms with Gasteiger partial charge in [-0.25, -0.2) is 4.79 Å². The predicted octanol–water partition coefficient (Wildman–Crippen LogP) is 2.20. The van der Waals surface area contributed by atoms with Gasteiger partial charge in [0, 0.05) is 19.2 Å². The normalized spacial score (nSPS) is 10.8. The number of carbonyl (C=O) groups is 1. The van der Waals surface area contributed by atoms with E-state index in [4.69, 9.17) is 0 Å². The van der Waals surface area contributed by atoms with Crippen LogP contribution in [0.3, 0.4) is 0 Å². The molecule has 8 nitrogen and oxygen atoms in total. The second-order valence-electron chi connectivity index (χ2n) is 5.72. The molecule has 0 fully saturated rings. The highest BCUT2D eigenvalue weighted by Gasteiger charge is 2.15. The van der Waals surface area contributed by atoms with Gasteiger partial charge in [-0.15, -0.1) is 0 Å². The molecule has 0 aliphatic heterocycles.